The summed E-state index contributed by atoms with van der Waals surface area (Å²) in [6.45, 7) is 5.46. The van der Waals surface area contributed by atoms with Gasteiger partial charge in [0.2, 0.25) is 10.0 Å². The van der Waals surface area contributed by atoms with Crippen molar-refractivity contribution in [2.75, 3.05) is 45.6 Å². The van der Waals surface area contributed by atoms with Gasteiger partial charge in [0.05, 0.1) is 18.9 Å². The van der Waals surface area contributed by atoms with E-state index in [0.29, 0.717) is 5.92 Å². The monoisotopic (exact) mass is 292 g/mol. The largest absolute Gasteiger partial charge is 0.384 e. The van der Waals surface area contributed by atoms with Gasteiger partial charge in [-0.1, -0.05) is 0 Å². The molecule has 3 N–H and O–H groups in total. The van der Waals surface area contributed by atoms with Gasteiger partial charge < -0.3 is 15.0 Å². The molecule has 19 heavy (non-hydrogen) atoms. The maximum absolute atomic E-state index is 10.9. The van der Waals surface area contributed by atoms with Crippen molar-refractivity contribution >= 4 is 16.0 Å². The lowest BCUT2D eigenvalue weighted by Gasteiger charge is -2.21. The first kappa shape index (κ1) is 16.2. The number of guanidine groups is 1. The Labute approximate surface area is 115 Å². The number of nitrogens with two attached hydrogens (primary N) is 1. The van der Waals surface area contributed by atoms with Crippen molar-refractivity contribution in [3.8, 4) is 0 Å². The van der Waals surface area contributed by atoms with Gasteiger partial charge in [-0.2, -0.15) is 0 Å². The molecule has 1 saturated heterocycles. The molecule has 7 nitrogen and oxygen atoms in total. The van der Waals surface area contributed by atoms with Crippen LogP contribution in [0.4, 0.5) is 0 Å². The summed E-state index contributed by atoms with van der Waals surface area (Å²) in [5.41, 5.74) is 0. The summed E-state index contributed by atoms with van der Waals surface area (Å²) in [7, 11) is -1.75. The van der Waals surface area contributed by atoms with Gasteiger partial charge in [-0.25, -0.2) is 13.6 Å². The summed E-state index contributed by atoms with van der Waals surface area (Å²) < 4.78 is 26.9. The van der Waals surface area contributed by atoms with Crippen molar-refractivity contribution in [1.82, 2.24) is 10.2 Å². The van der Waals surface area contributed by atoms with E-state index in [1.165, 1.54) is 0 Å². The summed E-state index contributed by atoms with van der Waals surface area (Å²) in [5.74, 6) is 1.13. The Balaban J connectivity index is 2.55. The predicted octanol–water partition coefficient (Wildman–Crippen LogP) is -0.791. The average Bonchev–Trinajstić information content (AvgIpc) is 2.75. The van der Waals surface area contributed by atoms with Crippen molar-refractivity contribution in [1.29, 1.82) is 0 Å². The number of rotatable bonds is 6. The van der Waals surface area contributed by atoms with Gasteiger partial charge in [0.15, 0.2) is 5.96 Å². The van der Waals surface area contributed by atoms with E-state index in [9.17, 15) is 8.42 Å². The number of hydrogen-bond acceptors (Lipinski definition) is 4. The SMILES string of the molecule is CCNC(=NCCS(N)(=O)=O)N1CCC(COC)C1. The quantitative estimate of drug-likeness (QED) is 0.494. The second-order valence-corrected chi connectivity index (χ2v) is 6.39. The average molecular weight is 292 g/mol. The zero-order valence-electron chi connectivity index (χ0n) is 11.6. The molecule has 0 radical (unpaired) electrons. The van der Waals surface area contributed by atoms with Gasteiger partial charge in [-0.3, -0.25) is 4.99 Å². The Morgan fingerprint density at radius 3 is 2.89 bits per heavy atom. The molecule has 1 rings (SSSR count). The number of nitrogens with zero attached hydrogens (tertiary/aromatic N) is 2. The minimum absolute atomic E-state index is 0.128. The number of methoxy groups -OCH3 is 1. The minimum Gasteiger partial charge on any atom is -0.384 e. The molecule has 0 aliphatic carbocycles. The van der Waals surface area contributed by atoms with Crippen LogP contribution in [0.2, 0.25) is 0 Å². The van der Waals surface area contributed by atoms with Gasteiger partial charge in [-0.05, 0) is 13.3 Å². The third-order valence-corrected chi connectivity index (χ3v) is 3.71. The lowest BCUT2D eigenvalue weighted by Crippen LogP contribution is -2.40. The zero-order valence-corrected chi connectivity index (χ0v) is 12.4. The van der Waals surface area contributed by atoms with Gasteiger partial charge in [0, 0.05) is 32.7 Å². The molecule has 1 heterocycles. The van der Waals surface area contributed by atoms with Crippen LogP contribution in [0.3, 0.4) is 0 Å². The number of primary sulfonamides is 1. The van der Waals surface area contributed by atoms with Gasteiger partial charge >= 0.3 is 0 Å². The third-order valence-electron chi connectivity index (χ3n) is 2.96. The Morgan fingerprint density at radius 1 is 1.58 bits per heavy atom. The number of hydrogen-bond donors (Lipinski definition) is 2. The fraction of sp³-hybridized carbons (Fsp3) is 0.909. The second-order valence-electron chi connectivity index (χ2n) is 4.66. The van der Waals surface area contributed by atoms with E-state index in [4.69, 9.17) is 9.88 Å². The maximum Gasteiger partial charge on any atom is 0.210 e. The highest BCUT2D eigenvalue weighted by molar-refractivity contribution is 7.89. The van der Waals surface area contributed by atoms with E-state index in [1.807, 2.05) is 6.92 Å². The van der Waals surface area contributed by atoms with Crippen molar-refractivity contribution in [2.24, 2.45) is 16.0 Å². The van der Waals surface area contributed by atoms with Crippen molar-refractivity contribution in [3.63, 3.8) is 0 Å². The molecule has 1 fully saturated rings. The van der Waals surface area contributed by atoms with Crippen molar-refractivity contribution in [2.45, 2.75) is 13.3 Å². The molecule has 112 valence electrons. The number of nitrogens with one attached hydrogen (secondary N) is 1. The molecule has 0 aromatic heterocycles. The van der Waals surface area contributed by atoms with Gasteiger partial charge in [0.25, 0.3) is 0 Å². The zero-order chi connectivity index (χ0) is 14.3. The lowest BCUT2D eigenvalue weighted by molar-refractivity contribution is 0.157. The van der Waals surface area contributed by atoms with E-state index in [1.54, 1.807) is 7.11 Å². The lowest BCUT2D eigenvalue weighted by atomic mass is 10.1. The number of aliphatic imine (C=N–C) groups is 1. The van der Waals surface area contributed by atoms with E-state index < -0.39 is 10.0 Å². The van der Waals surface area contributed by atoms with Gasteiger partial charge in [-0.15, -0.1) is 0 Å². The Bertz CT molecular complexity index is 397. The van der Waals surface area contributed by atoms with E-state index in [0.717, 1.165) is 38.6 Å². The summed E-state index contributed by atoms with van der Waals surface area (Å²) in [6, 6.07) is 0. The normalized spacial score (nSPS) is 20.9. The van der Waals surface area contributed by atoms with Crippen LogP contribution >= 0.6 is 0 Å². The first-order chi connectivity index (χ1) is 8.96. The molecule has 0 amide bonds. The molecule has 0 aromatic rings. The van der Waals surface area contributed by atoms with E-state index in [2.05, 4.69) is 15.2 Å². The van der Waals surface area contributed by atoms with Crippen LogP contribution in [0.5, 0.6) is 0 Å². The highest BCUT2D eigenvalue weighted by Gasteiger charge is 2.24. The van der Waals surface area contributed by atoms with E-state index in [-0.39, 0.29) is 12.3 Å². The topological polar surface area (TPSA) is 97.0 Å². The fourth-order valence-electron chi connectivity index (χ4n) is 2.10. The molecule has 8 heteroatoms. The Kier molecular flexibility index (Phi) is 6.53. The van der Waals surface area contributed by atoms with Crippen LogP contribution in [0.25, 0.3) is 0 Å². The van der Waals surface area contributed by atoms with Crippen molar-refractivity contribution in [3.05, 3.63) is 0 Å². The molecule has 0 saturated carbocycles. The molecule has 1 unspecified atom stereocenters. The van der Waals surface area contributed by atoms with Crippen LogP contribution in [0, 0.1) is 5.92 Å². The molecule has 0 spiro atoms. The summed E-state index contributed by atoms with van der Waals surface area (Å²) in [4.78, 5) is 6.44. The van der Waals surface area contributed by atoms with E-state index >= 15 is 0 Å². The number of ether oxygens (including phenoxy) is 1. The van der Waals surface area contributed by atoms with Gasteiger partial charge in [0.1, 0.15) is 0 Å². The summed E-state index contributed by atoms with van der Waals surface area (Å²) in [6.07, 6.45) is 1.06. The van der Waals surface area contributed by atoms with Crippen molar-refractivity contribution < 1.29 is 13.2 Å². The smallest absolute Gasteiger partial charge is 0.210 e. The number of sulfonamides is 1. The molecule has 1 aliphatic heterocycles. The highest BCUT2D eigenvalue weighted by Crippen LogP contribution is 2.16. The van der Waals surface area contributed by atoms with Crippen LogP contribution < -0.4 is 10.5 Å². The fourth-order valence-corrected chi connectivity index (χ4v) is 2.45. The molecular weight excluding hydrogens is 268 g/mol. The predicted molar refractivity (Wildman–Crippen MR) is 75.5 cm³/mol. The summed E-state index contributed by atoms with van der Waals surface area (Å²) >= 11 is 0. The standard InChI is InChI=1S/C11H24N4O3S/c1-3-13-11(14-5-7-19(12,16)17)15-6-4-10(8-15)9-18-2/h10H,3-9H2,1-2H3,(H,13,14)(H2,12,16,17). The minimum atomic E-state index is -3.45. The van der Waals surface area contributed by atoms with Crippen LogP contribution in [-0.2, 0) is 14.8 Å². The van der Waals surface area contributed by atoms with Crippen LogP contribution in [-0.4, -0.2) is 64.9 Å². The molecule has 0 bridgehead atoms. The molecule has 1 aliphatic rings. The molecular formula is C11H24N4O3S. The first-order valence-corrected chi connectivity index (χ1v) is 8.20. The summed E-state index contributed by atoms with van der Waals surface area (Å²) in [5, 5.41) is 8.14. The second kappa shape index (κ2) is 7.66. The maximum atomic E-state index is 10.9. The Morgan fingerprint density at radius 2 is 2.32 bits per heavy atom. The van der Waals surface area contributed by atoms with Crippen LogP contribution in [0.1, 0.15) is 13.3 Å². The Hall–Kier alpha value is -0.860. The molecule has 0 aromatic carbocycles. The first-order valence-electron chi connectivity index (χ1n) is 6.49. The highest BCUT2D eigenvalue weighted by atomic mass is 32.2. The van der Waals surface area contributed by atoms with Crippen LogP contribution in [0.15, 0.2) is 4.99 Å². The molecule has 1 atom stereocenters. The third kappa shape index (κ3) is 6.22. The number of likely N-dealkylation sites (tertiary alicyclic amines) is 1.